The molecule has 0 spiro atoms. The van der Waals surface area contributed by atoms with E-state index in [0.717, 1.165) is 21.2 Å². The highest BCUT2D eigenvalue weighted by molar-refractivity contribution is 9.10. The lowest BCUT2D eigenvalue weighted by Gasteiger charge is -2.15. The van der Waals surface area contributed by atoms with Gasteiger partial charge in [-0.3, -0.25) is 4.79 Å². The fourth-order valence-electron chi connectivity index (χ4n) is 2.84. The van der Waals surface area contributed by atoms with Gasteiger partial charge in [-0.2, -0.15) is 5.10 Å². The average Bonchev–Trinajstić information content (AvgIpc) is 2.76. The normalized spacial score (nSPS) is 10.9. The van der Waals surface area contributed by atoms with Crippen molar-refractivity contribution < 1.29 is 14.3 Å². The summed E-state index contributed by atoms with van der Waals surface area (Å²) in [5.41, 5.74) is 5.08. The van der Waals surface area contributed by atoms with Gasteiger partial charge in [0.1, 0.15) is 6.61 Å². The first-order valence-corrected chi connectivity index (χ1v) is 11.8. The van der Waals surface area contributed by atoms with Gasteiger partial charge in [-0.15, -0.1) is 0 Å². The number of hydrogen-bond donors (Lipinski definition) is 1. The van der Waals surface area contributed by atoms with Crippen LogP contribution in [0.15, 0.2) is 74.7 Å². The molecule has 5 nitrogen and oxygen atoms in total. The molecule has 0 aliphatic heterocycles. The van der Waals surface area contributed by atoms with Crippen LogP contribution in [0.5, 0.6) is 11.5 Å². The number of ether oxygens (including phenoxy) is 2. The molecule has 3 aromatic rings. The molecule has 0 radical (unpaired) electrons. The van der Waals surface area contributed by atoms with E-state index >= 15 is 0 Å². The number of carbonyl (C=O) groups excluding carboxylic acids is 1. The van der Waals surface area contributed by atoms with Crippen LogP contribution in [-0.4, -0.2) is 18.7 Å². The molecule has 0 aliphatic carbocycles. The topological polar surface area (TPSA) is 59.9 Å². The van der Waals surface area contributed by atoms with Crippen LogP contribution in [0.4, 0.5) is 0 Å². The minimum Gasteiger partial charge on any atom is -0.490 e. The van der Waals surface area contributed by atoms with Crippen LogP contribution in [0.2, 0.25) is 5.02 Å². The van der Waals surface area contributed by atoms with Gasteiger partial charge in [0.25, 0.3) is 0 Å². The summed E-state index contributed by atoms with van der Waals surface area (Å²) in [6.45, 7) is 2.67. The van der Waals surface area contributed by atoms with E-state index in [4.69, 9.17) is 21.1 Å². The molecule has 0 aromatic heterocycles. The van der Waals surface area contributed by atoms with Crippen molar-refractivity contribution in [3.63, 3.8) is 0 Å². The van der Waals surface area contributed by atoms with E-state index in [-0.39, 0.29) is 12.3 Å². The zero-order valence-corrected chi connectivity index (χ0v) is 21.2. The van der Waals surface area contributed by atoms with Gasteiger partial charge in [-0.1, -0.05) is 57.9 Å². The second kappa shape index (κ2) is 12.0. The number of nitrogens with one attached hydrogen (secondary N) is 1. The molecule has 0 heterocycles. The van der Waals surface area contributed by atoms with E-state index in [0.29, 0.717) is 34.2 Å². The summed E-state index contributed by atoms with van der Waals surface area (Å²) in [6, 6.07) is 18.7. The maximum Gasteiger partial charge on any atom is 0.244 e. The van der Waals surface area contributed by atoms with E-state index < -0.39 is 0 Å². The van der Waals surface area contributed by atoms with Crippen molar-refractivity contribution in [2.75, 3.05) is 6.61 Å². The van der Waals surface area contributed by atoms with Crippen LogP contribution in [0.3, 0.4) is 0 Å². The predicted molar refractivity (Wildman–Crippen MR) is 135 cm³/mol. The van der Waals surface area contributed by atoms with Crippen molar-refractivity contribution in [1.82, 2.24) is 5.43 Å². The minimum atomic E-state index is -0.202. The molecule has 0 aliphatic rings. The Hall–Kier alpha value is -2.35. The molecule has 3 aromatic carbocycles. The molecule has 0 saturated carbocycles. The van der Waals surface area contributed by atoms with Gasteiger partial charge in [0.15, 0.2) is 11.5 Å². The number of amides is 1. The van der Waals surface area contributed by atoms with Gasteiger partial charge in [0.05, 0.1) is 23.7 Å². The quantitative estimate of drug-likeness (QED) is 0.231. The SMILES string of the molecule is CCOc1cc(/C=N\NC(=O)Cc2ccc(Br)cc2)cc(Br)c1OCc1ccccc1Cl. The number of hydrogen-bond acceptors (Lipinski definition) is 4. The third kappa shape index (κ3) is 7.08. The Morgan fingerprint density at radius 2 is 1.84 bits per heavy atom. The molecule has 1 N–H and O–H groups in total. The zero-order valence-electron chi connectivity index (χ0n) is 17.3. The molecule has 3 rings (SSSR count). The third-order valence-electron chi connectivity index (χ3n) is 4.34. The van der Waals surface area contributed by atoms with Crippen molar-refractivity contribution in [3.8, 4) is 11.5 Å². The van der Waals surface area contributed by atoms with E-state index in [2.05, 4.69) is 42.4 Å². The van der Waals surface area contributed by atoms with Gasteiger partial charge in [-0.05, 0) is 64.3 Å². The molecule has 0 saturated heterocycles. The Bertz CT molecular complexity index is 1100. The Morgan fingerprint density at radius 3 is 2.56 bits per heavy atom. The summed E-state index contributed by atoms with van der Waals surface area (Å²) in [6.07, 6.45) is 1.80. The number of carbonyl (C=O) groups is 1. The number of nitrogens with zero attached hydrogens (tertiary/aromatic N) is 1. The van der Waals surface area contributed by atoms with Crippen LogP contribution in [0.1, 0.15) is 23.6 Å². The molecule has 32 heavy (non-hydrogen) atoms. The van der Waals surface area contributed by atoms with Gasteiger partial charge in [-0.25, -0.2) is 5.43 Å². The molecule has 166 valence electrons. The highest BCUT2D eigenvalue weighted by atomic mass is 79.9. The molecular formula is C24H21Br2ClN2O3. The number of hydrazone groups is 1. The highest BCUT2D eigenvalue weighted by Gasteiger charge is 2.13. The highest BCUT2D eigenvalue weighted by Crippen LogP contribution is 2.37. The van der Waals surface area contributed by atoms with E-state index in [9.17, 15) is 4.79 Å². The molecule has 8 heteroatoms. The first-order valence-electron chi connectivity index (χ1n) is 9.85. The number of halogens is 3. The summed E-state index contributed by atoms with van der Waals surface area (Å²) in [4.78, 5) is 12.1. The largest absolute Gasteiger partial charge is 0.490 e. The van der Waals surface area contributed by atoms with Gasteiger partial charge in [0.2, 0.25) is 5.91 Å². The Labute approximate surface area is 209 Å². The van der Waals surface area contributed by atoms with E-state index in [1.807, 2.05) is 61.5 Å². The maximum absolute atomic E-state index is 12.1. The molecular weight excluding hydrogens is 560 g/mol. The van der Waals surface area contributed by atoms with Crippen LogP contribution in [0, 0.1) is 0 Å². The van der Waals surface area contributed by atoms with E-state index in [1.165, 1.54) is 0 Å². The second-order valence-corrected chi connectivity index (χ2v) is 8.92. The number of benzene rings is 3. The van der Waals surface area contributed by atoms with Crippen molar-refractivity contribution in [2.45, 2.75) is 20.0 Å². The van der Waals surface area contributed by atoms with Crippen LogP contribution >= 0.6 is 43.5 Å². The fraction of sp³-hybridized carbons (Fsp3) is 0.167. The lowest BCUT2D eigenvalue weighted by atomic mass is 10.1. The van der Waals surface area contributed by atoms with Crippen molar-refractivity contribution >= 4 is 55.6 Å². The second-order valence-electron chi connectivity index (χ2n) is 6.74. The zero-order chi connectivity index (χ0) is 22.9. The molecule has 0 atom stereocenters. The summed E-state index contributed by atoms with van der Waals surface area (Å²) in [5.74, 6) is 0.937. The van der Waals surface area contributed by atoms with Crippen molar-refractivity contribution in [3.05, 3.63) is 91.3 Å². The molecule has 1 amide bonds. The van der Waals surface area contributed by atoms with Crippen LogP contribution in [0.25, 0.3) is 0 Å². The first-order chi connectivity index (χ1) is 15.5. The van der Waals surface area contributed by atoms with Crippen molar-refractivity contribution in [2.24, 2.45) is 5.10 Å². The standard InChI is InChI=1S/C24H21Br2ClN2O3/c1-2-31-22-12-17(14-28-29-23(30)13-16-7-9-19(25)10-8-16)11-20(26)24(22)32-15-18-5-3-4-6-21(18)27/h3-12,14H,2,13,15H2,1H3,(H,29,30)/b28-14-. The Balaban J connectivity index is 1.67. The molecule has 0 fully saturated rings. The van der Waals surface area contributed by atoms with Crippen LogP contribution in [-0.2, 0) is 17.8 Å². The smallest absolute Gasteiger partial charge is 0.244 e. The third-order valence-corrected chi connectivity index (χ3v) is 5.83. The predicted octanol–water partition coefficient (Wildman–Crippen LogP) is 6.54. The lowest BCUT2D eigenvalue weighted by molar-refractivity contribution is -0.120. The number of rotatable bonds is 9. The van der Waals surface area contributed by atoms with Gasteiger partial charge >= 0.3 is 0 Å². The molecule has 0 unspecified atom stereocenters. The van der Waals surface area contributed by atoms with Crippen molar-refractivity contribution in [1.29, 1.82) is 0 Å². The molecule has 0 bridgehead atoms. The average molecular weight is 581 g/mol. The van der Waals surface area contributed by atoms with Crippen LogP contribution < -0.4 is 14.9 Å². The maximum atomic E-state index is 12.1. The fourth-order valence-corrected chi connectivity index (χ4v) is 3.87. The monoisotopic (exact) mass is 578 g/mol. The van der Waals surface area contributed by atoms with E-state index in [1.54, 1.807) is 12.3 Å². The summed E-state index contributed by atoms with van der Waals surface area (Å²) < 4.78 is 13.4. The van der Waals surface area contributed by atoms with Gasteiger partial charge in [0, 0.05) is 15.1 Å². The summed E-state index contributed by atoms with van der Waals surface area (Å²) in [5, 5.41) is 4.71. The first kappa shape index (κ1) is 24.3. The summed E-state index contributed by atoms with van der Waals surface area (Å²) in [7, 11) is 0. The lowest BCUT2D eigenvalue weighted by Crippen LogP contribution is -2.19. The minimum absolute atomic E-state index is 0.202. The summed E-state index contributed by atoms with van der Waals surface area (Å²) >= 11 is 13.1. The Kier molecular flexibility index (Phi) is 9.14. The van der Waals surface area contributed by atoms with Gasteiger partial charge < -0.3 is 9.47 Å². The Morgan fingerprint density at radius 1 is 1.09 bits per heavy atom.